The zero-order chi connectivity index (χ0) is 18.1. The average Bonchev–Trinajstić information content (AvgIpc) is 3.43. The minimum atomic E-state index is 0.234. The van der Waals surface area contributed by atoms with E-state index in [4.69, 9.17) is 14.1 Å². The van der Waals surface area contributed by atoms with Gasteiger partial charge in [0.15, 0.2) is 10.6 Å². The van der Waals surface area contributed by atoms with Crippen molar-refractivity contribution in [3.8, 4) is 11.5 Å². The number of ether oxygens (including phenoxy) is 1. The van der Waals surface area contributed by atoms with Crippen LogP contribution in [0, 0.1) is 0 Å². The fraction of sp³-hybridized carbons (Fsp3) is 0.227. The second-order valence-corrected chi connectivity index (χ2v) is 7.58. The van der Waals surface area contributed by atoms with Crippen molar-refractivity contribution in [1.29, 1.82) is 0 Å². The van der Waals surface area contributed by atoms with Gasteiger partial charge in [0.25, 0.3) is 0 Å². The molecule has 1 unspecified atom stereocenters. The zero-order valence-corrected chi connectivity index (χ0v) is 15.7. The van der Waals surface area contributed by atoms with E-state index in [1.807, 2.05) is 48.5 Å². The lowest BCUT2D eigenvalue weighted by atomic mass is 10.2. The fourth-order valence-corrected chi connectivity index (χ4v) is 4.42. The van der Waals surface area contributed by atoms with E-state index in [0.29, 0.717) is 0 Å². The summed E-state index contributed by atoms with van der Waals surface area (Å²) in [5.74, 6) is 0.875. The van der Waals surface area contributed by atoms with Gasteiger partial charge in [0.05, 0.1) is 24.0 Å². The molecule has 0 amide bonds. The van der Waals surface area contributed by atoms with E-state index in [-0.39, 0.29) is 6.10 Å². The summed E-state index contributed by atoms with van der Waals surface area (Å²) in [6.45, 7) is 1.64. The molecule has 0 bridgehead atoms. The van der Waals surface area contributed by atoms with Gasteiger partial charge in [0, 0.05) is 17.4 Å². The number of nitrogens with zero attached hydrogens (tertiary/aromatic N) is 2. The van der Waals surface area contributed by atoms with Gasteiger partial charge in [-0.2, -0.15) is 0 Å². The third kappa shape index (κ3) is 3.36. The highest BCUT2D eigenvalue weighted by Gasteiger charge is 2.20. The Morgan fingerprint density at radius 1 is 1.07 bits per heavy atom. The molecular formula is C22H20N2O2S. The van der Waals surface area contributed by atoms with E-state index in [2.05, 4.69) is 22.1 Å². The lowest BCUT2D eigenvalue weighted by Crippen LogP contribution is -2.23. The molecule has 0 radical (unpaired) electrons. The Balaban J connectivity index is 1.63. The Bertz CT molecular complexity index is 1080. The van der Waals surface area contributed by atoms with Gasteiger partial charge in [-0.3, -0.25) is 0 Å². The lowest BCUT2D eigenvalue weighted by Gasteiger charge is -2.12. The molecule has 4 aromatic rings. The quantitative estimate of drug-likeness (QED) is 0.480. The summed E-state index contributed by atoms with van der Waals surface area (Å²) in [6, 6.07) is 20.3. The summed E-state index contributed by atoms with van der Waals surface area (Å²) < 4.78 is 14.3. The molecule has 136 valence electrons. The Morgan fingerprint density at radius 3 is 2.74 bits per heavy atom. The summed E-state index contributed by atoms with van der Waals surface area (Å²) in [5.41, 5.74) is 2.92. The highest BCUT2D eigenvalue weighted by molar-refractivity contribution is 7.07. The van der Waals surface area contributed by atoms with Gasteiger partial charge in [0.1, 0.15) is 5.58 Å². The maximum atomic E-state index is 6.13. The first-order valence-electron chi connectivity index (χ1n) is 9.25. The van der Waals surface area contributed by atoms with Gasteiger partial charge in [-0.15, -0.1) is 11.3 Å². The van der Waals surface area contributed by atoms with Crippen molar-refractivity contribution in [2.75, 3.05) is 6.61 Å². The second kappa shape index (κ2) is 7.18. The van der Waals surface area contributed by atoms with Gasteiger partial charge >= 0.3 is 0 Å². The summed E-state index contributed by atoms with van der Waals surface area (Å²) >= 11 is 1.64. The number of furan rings is 1. The summed E-state index contributed by atoms with van der Waals surface area (Å²) in [4.78, 5) is 5.83. The minimum Gasteiger partial charge on any atom is -0.454 e. The monoisotopic (exact) mass is 376 g/mol. The summed E-state index contributed by atoms with van der Waals surface area (Å²) in [6.07, 6.45) is 2.45. The molecule has 2 aromatic heterocycles. The number of para-hydroxylation sites is 2. The first-order valence-corrected chi connectivity index (χ1v) is 10.1. The van der Waals surface area contributed by atoms with Crippen LogP contribution in [0.1, 0.15) is 12.8 Å². The first kappa shape index (κ1) is 16.5. The predicted octanol–water partition coefficient (Wildman–Crippen LogP) is 5.37. The van der Waals surface area contributed by atoms with Gasteiger partial charge in [-0.05, 0) is 37.1 Å². The van der Waals surface area contributed by atoms with E-state index < -0.39 is 0 Å². The number of thiazole rings is 1. The molecule has 0 aliphatic carbocycles. The predicted molar refractivity (Wildman–Crippen MR) is 108 cm³/mol. The van der Waals surface area contributed by atoms with Crippen molar-refractivity contribution in [3.63, 3.8) is 0 Å². The molecule has 5 rings (SSSR count). The maximum Gasteiger partial charge on any atom is 0.190 e. The Kier molecular flexibility index (Phi) is 4.40. The van der Waals surface area contributed by atoms with Crippen LogP contribution in [0.5, 0.6) is 0 Å². The van der Waals surface area contributed by atoms with Crippen LogP contribution in [0.2, 0.25) is 0 Å². The number of hydrogen-bond donors (Lipinski definition) is 0. The lowest BCUT2D eigenvalue weighted by molar-refractivity contribution is 0.0967. The standard InChI is InChI=1S/C22H20N2O2S/c1-2-8-17(9-3-1)23-22-24(14-18-10-6-12-25-18)19(15-27-22)21-13-16-7-4-5-11-20(16)26-21/h1-5,7-9,11,13,15,18H,6,10,12,14H2. The number of aromatic nitrogens is 1. The van der Waals surface area contributed by atoms with Crippen molar-refractivity contribution < 1.29 is 9.15 Å². The molecule has 0 saturated carbocycles. The molecule has 4 nitrogen and oxygen atoms in total. The van der Waals surface area contributed by atoms with Crippen LogP contribution in [0.4, 0.5) is 5.69 Å². The van der Waals surface area contributed by atoms with Gasteiger partial charge in [-0.1, -0.05) is 36.4 Å². The molecule has 0 spiro atoms. The molecule has 1 aliphatic rings. The number of rotatable bonds is 4. The van der Waals surface area contributed by atoms with Crippen molar-refractivity contribution >= 4 is 28.0 Å². The highest BCUT2D eigenvalue weighted by Crippen LogP contribution is 2.29. The smallest absolute Gasteiger partial charge is 0.190 e. The van der Waals surface area contributed by atoms with Crippen LogP contribution >= 0.6 is 11.3 Å². The topological polar surface area (TPSA) is 39.7 Å². The normalized spacial score (nSPS) is 17.8. The minimum absolute atomic E-state index is 0.234. The van der Waals surface area contributed by atoms with Crippen LogP contribution in [-0.4, -0.2) is 17.3 Å². The summed E-state index contributed by atoms with van der Waals surface area (Å²) in [7, 11) is 0. The third-order valence-corrected chi connectivity index (χ3v) is 5.73. The Hall–Kier alpha value is -2.63. The molecule has 1 fully saturated rings. The van der Waals surface area contributed by atoms with E-state index in [1.54, 1.807) is 11.3 Å². The second-order valence-electron chi connectivity index (χ2n) is 6.74. The van der Waals surface area contributed by atoms with Gasteiger partial charge in [-0.25, -0.2) is 4.99 Å². The van der Waals surface area contributed by atoms with Crippen molar-refractivity contribution in [2.45, 2.75) is 25.5 Å². The van der Waals surface area contributed by atoms with Crippen molar-refractivity contribution in [2.24, 2.45) is 4.99 Å². The largest absolute Gasteiger partial charge is 0.454 e. The maximum absolute atomic E-state index is 6.13. The van der Waals surface area contributed by atoms with Crippen LogP contribution in [0.3, 0.4) is 0 Å². The molecule has 1 aliphatic heterocycles. The molecule has 3 heterocycles. The molecule has 5 heteroatoms. The molecule has 2 aromatic carbocycles. The molecule has 27 heavy (non-hydrogen) atoms. The Morgan fingerprint density at radius 2 is 1.93 bits per heavy atom. The van der Waals surface area contributed by atoms with Crippen molar-refractivity contribution in [3.05, 3.63) is 70.8 Å². The van der Waals surface area contributed by atoms with Crippen molar-refractivity contribution in [1.82, 2.24) is 4.57 Å². The van der Waals surface area contributed by atoms with E-state index >= 15 is 0 Å². The number of fused-ring (bicyclic) bond motifs is 1. The average molecular weight is 376 g/mol. The van der Waals surface area contributed by atoms with Crippen LogP contribution < -0.4 is 4.80 Å². The van der Waals surface area contributed by atoms with Crippen LogP contribution in [0.15, 0.2) is 75.5 Å². The van der Waals surface area contributed by atoms with Gasteiger partial charge in [0.2, 0.25) is 0 Å². The molecule has 1 atom stereocenters. The third-order valence-electron chi connectivity index (χ3n) is 4.87. The first-order chi connectivity index (χ1) is 13.4. The van der Waals surface area contributed by atoms with E-state index in [1.165, 1.54) is 0 Å². The number of benzene rings is 2. The van der Waals surface area contributed by atoms with Crippen LogP contribution in [0.25, 0.3) is 22.4 Å². The molecule has 0 N–H and O–H groups in total. The Labute approximate surface area is 161 Å². The fourth-order valence-electron chi connectivity index (χ4n) is 3.51. The highest BCUT2D eigenvalue weighted by atomic mass is 32.1. The zero-order valence-electron chi connectivity index (χ0n) is 14.9. The molecule has 1 saturated heterocycles. The van der Waals surface area contributed by atoms with E-state index in [0.717, 1.165) is 58.9 Å². The summed E-state index contributed by atoms with van der Waals surface area (Å²) in [5, 5.41) is 3.25. The number of hydrogen-bond acceptors (Lipinski definition) is 4. The molecular weight excluding hydrogens is 356 g/mol. The van der Waals surface area contributed by atoms with Gasteiger partial charge < -0.3 is 13.7 Å². The van der Waals surface area contributed by atoms with Crippen LogP contribution in [-0.2, 0) is 11.3 Å². The SMILES string of the molecule is c1ccc(N=c2scc(-c3cc4ccccc4o3)n2CC2CCCO2)cc1. The van der Waals surface area contributed by atoms with E-state index in [9.17, 15) is 0 Å².